The molecule has 0 radical (unpaired) electrons. The van der Waals surface area contributed by atoms with Crippen molar-refractivity contribution in [1.82, 2.24) is 19.7 Å². The van der Waals surface area contributed by atoms with Crippen LogP contribution in [0.25, 0.3) is 0 Å². The molecule has 0 saturated carbocycles. The predicted octanol–water partition coefficient (Wildman–Crippen LogP) is 2.79. The van der Waals surface area contributed by atoms with Crippen molar-refractivity contribution in [3.05, 3.63) is 65.9 Å². The van der Waals surface area contributed by atoms with E-state index >= 15 is 0 Å². The standard InChI is InChI=1S/C18H19FN4O3/c1-3-23(10-13-8-20-22(2)9-13)18(24)15-11-26-17(21-15)12-25-16-7-5-4-6-14(16)19/h4-9,11H,3,10,12H2,1-2H3. The Bertz CT molecular complexity index is 890. The number of aryl methyl sites for hydroxylation is 1. The Morgan fingerprint density at radius 2 is 2.19 bits per heavy atom. The summed E-state index contributed by atoms with van der Waals surface area (Å²) < 4.78 is 25.8. The van der Waals surface area contributed by atoms with E-state index in [-0.39, 0.29) is 29.8 Å². The van der Waals surface area contributed by atoms with Gasteiger partial charge in [0.25, 0.3) is 5.91 Å². The first kappa shape index (κ1) is 17.7. The van der Waals surface area contributed by atoms with E-state index in [1.54, 1.807) is 27.9 Å². The van der Waals surface area contributed by atoms with Crippen LogP contribution >= 0.6 is 0 Å². The van der Waals surface area contributed by atoms with E-state index in [4.69, 9.17) is 9.15 Å². The highest BCUT2D eigenvalue weighted by atomic mass is 19.1. The first-order valence-electron chi connectivity index (χ1n) is 8.15. The van der Waals surface area contributed by atoms with E-state index in [9.17, 15) is 9.18 Å². The lowest BCUT2D eigenvalue weighted by atomic mass is 10.3. The molecule has 3 rings (SSSR count). The molecule has 0 unspecified atom stereocenters. The van der Waals surface area contributed by atoms with Crippen LogP contribution in [0.5, 0.6) is 5.75 Å². The third-order valence-electron chi connectivity index (χ3n) is 3.76. The molecule has 8 heteroatoms. The van der Waals surface area contributed by atoms with Crippen LogP contribution < -0.4 is 4.74 Å². The second-order valence-corrected chi connectivity index (χ2v) is 5.69. The molecule has 26 heavy (non-hydrogen) atoms. The lowest BCUT2D eigenvalue weighted by Gasteiger charge is -2.18. The Morgan fingerprint density at radius 1 is 1.38 bits per heavy atom. The van der Waals surface area contributed by atoms with Crippen LogP contribution in [-0.2, 0) is 20.2 Å². The maximum absolute atomic E-state index is 13.5. The summed E-state index contributed by atoms with van der Waals surface area (Å²) in [6, 6.07) is 6.06. The van der Waals surface area contributed by atoms with Gasteiger partial charge in [0, 0.05) is 31.9 Å². The zero-order valence-corrected chi connectivity index (χ0v) is 14.6. The van der Waals surface area contributed by atoms with Crippen LogP contribution in [0, 0.1) is 5.82 Å². The number of para-hydroxylation sites is 1. The minimum atomic E-state index is -0.469. The lowest BCUT2D eigenvalue weighted by molar-refractivity contribution is 0.0746. The normalized spacial score (nSPS) is 10.7. The van der Waals surface area contributed by atoms with E-state index in [2.05, 4.69) is 10.1 Å². The molecule has 0 aliphatic carbocycles. The van der Waals surface area contributed by atoms with Gasteiger partial charge in [-0.05, 0) is 19.1 Å². The zero-order valence-electron chi connectivity index (χ0n) is 14.6. The Kier molecular flexibility index (Phi) is 5.31. The highest BCUT2D eigenvalue weighted by Gasteiger charge is 2.19. The minimum Gasteiger partial charge on any atom is -0.481 e. The number of aromatic nitrogens is 3. The van der Waals surface area contributed by atoms with Gasteiger partial charge in [0.1, 0.15) is 6.26 Å². The second kappa shape index (κ2) is 7.81. The number of ether oxygens (including phenoxy) is 1. The van der Waals surface area contributed by atoms with Crippen LogP contribution in [0.3, 0.4) is 0 Å². The number of benzene rings is 1. The third-order valence-corrected chi connectivity index (χ3v) is 3.76. The monoisotopic (exact) mass is 358 g/mol. The molecule has 0 aliphatic rings. The Balaban J connectivity index is 1.64. The average molecular weight is 358 g/mol. The molecule has 136 valence electrons. The molecule has 0 saturated heterocycles. The number of halogens is 1. The highest BCUT2D eigenvalue weighted by Crippen LogP contribution is 2.17. The van der Waals surface area contributed by atoms with Crippen LogP contribution in [0.4, 0.5) is 4.39 Å². The highest BCUT2D eigenvalue weighted by molar-refractivity contribution is 5.91. The number of rotatable bonds is 7. The molecule has 1 aromatic carbocycles. The lowest BCUT2D eigenvalue weighted by Crippen LogP contribution is -2.30. The molecule has 0 fully saturated rings. The van der Waals surface area contributed by atoms with E-state index in [1.807, 2.05) is 20.2 Å². The van der Waals surface area contributed by atoms with Gasteiger partial charge in [-0.15, -0.1) is 0 Å². The number of amides is 1. The van der Waals surface area contributed by atoms with Crippen molar-refractivity contribution < 1.29 is 18.3 Å². The fraction of sp³-hybridized carbons (Fsp3) is 0.278. The molecule has 0 bridgehead atoms. The molecule has 0 aliphatic heterocycles. The first-order valence-corrected chi connectivity index (χ1v) is 8.15. The summed E-state index contributed by atoms with van der Waals surface area (Å²) in [5.74, 6) is -0.416. The van der Waals surface area contributed by atoms with E-state index in [1.165, 1.54) is 18.4 Å². The number of nitrogens with zero attached hydrogens (tertiary/aromatic N) is 4. The van der Waals surface area contributed by atoms with E-state index in [0.717, 1.165) is 5.56 Å². The summed E-state index contributed by atoms with van der Waals surface area (Å²) in [6.07, 6.45) is 4.85. The average Bonchev–Trinajstić information content (AvgIpc) is 3.27. The Hall–Kier alpha value is -3.16. The molecular formula is C18H19FN4O3. The maximum atomic E-state index is 13.5. The van der Waals surface area contributed by atoms with Gasteiger partial charge in [0.2, 0.25) is 5.89 Å². The van der Waals surface area contributed by atoms with Crippen molar-refractivity contribution in [1.29, 1.82) is 0 Å². The van der Waals surface area contributed by atoms with Crippen molar-refractivity contribution in [3.8, 4) is 5.75 Å². The van der Waals surface area contributed by atoms with Crippen molar-refractivity contribution in [2.24, 2.45) is 7.05 Å². The Labute approximate surface area is 150 Å². The van der Waals surface area contributed by atoms with Crippen LogP contribution in [0.1, 0.15) is 28.9 Å². The number of carbonyl (C=O) groups excluding carboxylic acids is 1. The van der Waals surface area contributed by atoms with Crippen molar-refractivity contribution in [2.45, 2.75) is 20.1 Å². The molecule has 0 spiro atoms. The Morgan fingerprint density at radius 3 is 2.88 bits per heavy atom. The summed E-state index contributed by atoms with van der Waals surface area (Å²) in [4.78, 5) is 18.4. The molecule has 0 N–H and O–H groups in total. The van der Waals surface area contributed by atoms with Gasteiger partial charge >= 0.3 is 0 Å². The summed E-state index contributed by atoms with van der Waals surface area (Å²) in [7, 11) is 1.82. The number of hydrogen-bond acceptors (Lipinski definition) is 5. The topological polar surface area (TPSA) is 73.4 Å². The van der Waals surface area contributed by atoms with Gasteiger partial charge in [-0.3, -0.25) is 9.48 Å². The summed E-state index contributed by atoms with van der Waals surface area (Å²) >= 11 is 0. The van der Waals surface area contributed by atoms with Crippen molar-refractivity contribution in [2.75, 3.05) is 6.54 Å². The molecule has 2 heterocycles. The van der Waals surface area contributed by atoms with Gasteiger partial charge in [0.15, 0.2) is 23.9 Å². The second-order valence-electron chi connectivity index (χ2n) is 5.69. The van der Waals surface area contributed by atoms with Gasteiger partial charge in [-0.2, -0.15) is 5.10 Å². The van der Waals surface area contributed by atoms with Gasteiger partial charge in [0.05, 0.1) is 6.20 Å². The molecule has 2 aromatic heterocycles. The minimum absolute atomic E-state index is 0.0665. The smallest absolute Gasteiger partial charge is 0.276 e. The predicted molar refractivity (Wildman–Crippen MR) is 90.9 cm³/mol. The third kappa shape index (κ3) is 4.08. The van der Waals surface area contributed by atoms with Crippen molar-refractivity contribution >= 4 is 5.91 Å². The fourth-order valence-electron chi connectivity index (χ4n) is 2.44. The summed E-state index contributed by atoms with van der Waals surface area (Å²) in [5.41, 5.74) is 1.11. The quantitative estimate of drug-likeness (QED) is 0.649. The van der Waals surface area contributed by atoms with Crippen molar-refractivity contribution in [3.63, 3.8) is 0 Å². The van der Waals surface area contributed by atoms with E-state index in [0.29, 0.717) is 13.1 Å². The number of oxazole rings is 1. The van der Waals surface area contributed by atoms with Gasteiger partial charge < -0.3 is 14.1 Å². The van der Waals surface area contributed by atoms with Crippen LogP contribution in [0.15, 0.2) is 47.3 Å². The summed E-state index contributed by atoms with van der Waals surface area (Å²) in [6.45, 7) is 2.76. The fourth-order valence-corrected chi connectivity index (χ4v) is 2.44. The van der Waals surface area contributed by atoms with Crippen LogP contribution in [-0.4, -0.2) is 32.1 Å². The maximum Gasteiger partial charge on any atom is 0.276 e. The number of hydrogen-bond donors (Lipinski definition) is 0. The SMILES string of the molecule is CCN(Cc1cnn(C)c1)C(=O)c1coc(COc2ccccc2F)n1. The number of carbonyl (C=O) groups is 1. The zero-order chi connectivity index (χ0) is 18.5. The van der Waals surface area contributed by atoms with E-state index < -0.39 is 5.82 Å². The molecule has 1 amide bonds. The largest absolute Gasteiger partial charge is 0.481 e. The first-order chi connectivity index (χ1) is 12.6. The molecule has 7 nitrogen and oxygen atoms in total. The summed E-state index contributed by atoms with van der Waals surface area (Å²) in [5, 5.41) is 4.10. The van der Waals surface area contributed by atoms with Crippen LogP contribution in [0.2, 0.25) is 0 Å². The van der Waals surface area contributed by atoms with Gasteiger partial charge in [-0.1, -0.05) is 12.1 Å². The molecule has 3 aromatic rings. The molecule has 0 atom stereocenters. The molecular weight excluding hydrogens is 339 g/mol. The van der Waals surface area contributed by atoms with Gasteiger partial charge in [-0.25, -0.2) is 9.37 Å².